The van der Waals surface area contributed by atoms with Crippen molar-refractivity contribution >= 4 is 6.29 Å². The number of hydrogen-bond donors (Lipinski definition) is 0. The SMILES string of the molecule is O=CC1(c2ccccc2)CCCO1. The van der Waals surface area contributed by atoms with E-state index in [2.05, 4.69) is 0 Å². The summed E-state index contributed by atoms with van der Waals surface area (Å²) in [5.74, 6) is 0. The highest BCUT2D eigenvalue weighted by Crippen LogP contribution is 2.33. The summed E-state index contributed by atoms with van der Waals surface area (Å²) in [4.78, 5) is 11.0. The standard InChI is InChI=1S/C11H12O2/c12-9-11(7-4-8-13-11)10-5-2-1-3-6-10/h1-3,5-6,9H,4,7-8H2. The molecule has 0 aromatic heterocycles. The molecule has 1 heterocycles. The fraction of sp³-hybridized carbons (Fsp3) is 0.364. The molecule has 0 amide bonds. The molecule has 0 spiro atoms. The molecule has 1 atom stereocenters. The van der Waals surface area contributed by atoms with Crippen molar-refractivity contribution in [3.8, 4) is 0 Å². The molecule has 2 nitrogen and oxygen atoms in total. The van der Waals surface area contributed by atoms with Crippen LogP contribution >= 0.6 is 0 Å². The quantitative estimate of drug-likeness (QED) is 0.643. The van der Waals surface area contributed by atoms with Crippen LogP contribution in [0.15, 0.2) is 30.3 Å². The number of hydrogen-bond acceptors (Lipinski definition) is 2. The smallest absolute Gasteiger partial charge is 0.156 e. The van der Waals surface area contributed by atoms with Crippen molar-refractivity contribution in [2.24, 2.45) is 0 Å². The van der Waals surface area contributed by atoms with Crippen LogP contribution in [0.25, 0.3) is 0 Å². The first kappa shape index (κ1) is 8.45. The highest BCUT2D eigenvalue weighted by molar-refractivity contribution is 5.66. The van der Waals surface area contributed by atoms with Gasteiger partial charge in [-0.2, -0.15) is 0 Å². The lowest BCUT2D eigenvalue weighted by Gasteiger charge is -2.21. The van der Waals surface area contributed by atoms with Gasteiger partial charge in [0, 0.05) is 6.61 Å². The van der Waals surface area contributed by atoms with Crippen molar-refractivity contribution in [3.63, 3.8) is 0 Å². The number of rotatable bonds is 2. The van der Waals surface area contributed by atoms with Gasteiger partial charge in [-0.05, 0) is 18.4 Å². The number of carbonyl (C=O) groups excluding carboxylic acids is 1. The van der Waals surface area contributed by atoms with Gasteiger partial charge in [-0.3, -0.25) is 4.79 Å². The molecule has 2 heteroatoms. The van der Waals surface area contributed by atoms with Gasteiger partial charge < -0.3 is 4.74 Å². The van der Waals surface area contributed by atoms with Crippen LogP contribution in [0, 0.1) is 0 Å². The largest absolute Gasteiger partial charge is 0.363 e. The second-order valence-corrected chi connectivity index (χ2v) is 3.33. The van der Waals surface area contributed by atoms with Crippen LogP contribution in [0.3, 0.4) is 0 Å². The minimum absolute atomic E-state index is 0.652. The summed E-state index contributed by atoms with van der Waals surface area (Å²) < 4.78 is 5.51. The maximum Gasteiger partial charge on any atom is 0.156 e. The van der Waals surface area contributed by atoms with Crippen molar-refractivity contribution < 1.29 is 9.53 Å². The summed E-state index contributed by atoms with van der Waals surface area (Å²) in [7, 11) is 0. The van der Waals surface area contributed by atoms with Gasteiger partial charge in [0.15, 0.2) is 6.29 Å². The maximum absolute atomic E-state index is 11.0. The Balaban J connectivity index is 2.36. The first-order valence-corrected chi connectivity index (χ1v) is 4.53. The molecule has 0 radical (unpaired) electrons. The van der Waals surface area contributed by atoms with E-state index in [1.54, 1.807) is 0 Å². The molecule has 1 saturated heterocycles. The monoisotopic (exact) mass is 176 g/mol. The third-order valence-electron chi connectivity index (χ3n) is 2.50. The zero-order valence-electron chi connectivity index (χ0n) is 7.40. The predicted molar refractivity (Wildman–Crippen MR) is 49.4 cm³/mol. The van der Waals surface area contributed by atoms with E-state index >= 15 is 0 Å². The molecular formula is C11H12O2. The molecule has 0 aliphatic carbocycles. The van der Waals surface area contributed by atoms with E-state index in [0.717, 1.165) is 24.7 Å². The second kappa shape index (κ2) is 3.30. The molecule has 1 aromatic carbocycles. The Morgan fingerprint density at radius 2 is 2.08 bits per heavy atom. The fourth-order valence-corrected chi connectivity index (χ4v) is 1.77. The average molecular weight is 176 g/mol. The van der Waals surface area contributed by atoms with Gasteiger partial charge in [0.25, 0.3) is 0 Å². The van der Waals surface area contributed by atoms with Gasteiger partial charge in [-0.25, -0.2) is 0 Å². The van der Waals surface area contributed by atoms with Crippen molar-refractivity contribution in [1.82, 2.24) is 0 Å². The Morgan fingerprint density at radius 1 is 1.31 bits per heavy atom. The molecule has 2 rings (SSSR count). The van der Waals surface area contributed by atoms with Gasteiger partial charge in [-0.1, -0.05) is 30.3 Å². The highest BCUT2D eigenvalue weighted by atomic mass is 16.5. The van der Waals surface area contributed by atoms with Crippen LogP contribution in [0.5, 0.6) is 0 Å². The minimum Gasteiger partial charge on any atom is -0.363 e. The van der Waals surface area contributed by atoms with E-state index in [9.17, 15) is 4.79 Å². The molecule has 1 aliphatic heterocycles. The summed E-state index contributed by atoms with van der Waals surface area (Å²) in [6.45, 7) is 0.688. The number of ether oxygens (including phenoxy) is 1. The van der Waals surface area contributed by atoms with Crippen molar-refractivity contribution in [3.05, 3.63) is 35.9 Å². The maximum atomic E-state index is 11.0. The predicted octanol–water partition coefficient (Wildman–Crippen LogP) is 1.89. The molecule has 1 aromatic rings. The summed E-state index contributed by atoms with van der Waals surface area (Å²) in [6, 6.07) is 9.70. The zero-order chi connectivity index (χ0) is 9.15. The molecule has 1 unspecified atom stereocenters. The van der Waals surface area contributed by atoms with Crippen molar-refractivity contribution in [2.75, 3.05) is 6.61 Å². The zero-order valence-corrected chi connectivity index (χ0v) is 7.40. The third-order valence-corrected chi connectivity index (χ3v) is 2.50. The Labute approximate surface area is 77.5 Å². The third kappa shape index (κ3) is 1.38. The number of aldehydes is 1. The molecule has 0 bridgehead atoms. The molecule has 0 saturated carbocycles. The summed E-state index contributed by atoms with van der Waals surface area (Å²) in [5.41, 5.74) is 0.323. The summed E-state index contributed by atoms with van der Waals surface area (Å²) in [6.07, 6.45) is 2.70. The van der Waals surface area contributed by atoms with E-state index in [-0.39, 0.29) is 0 Å². The van der Waals surface area contributed by atoms with Crippen molar-refractivity contribution in [2.45, 2.75) is 18.4 Å². The van der Waals surface area contributed by atoms with Crippen LogP contribution in [-0.2, 0) is 15.1 Å². The van der Waals surface area contributed by atoms with E-state index in [1.807, 2.05) is 30.3 Å². The molecule has 68 valence electrons. The fourth-order valence-electron chi connectivity index (χ4n) is 1.77. The van der Waals surface area contributed by atoms with Gasteiger partial charge in [0.1, 0.15) is 5.60 Å². The van der Waals surface area contributed by atoms with Crippen molar-refractivity contribution in [1.29, 1.82) is 0 Å². The molecule has 13 heavy (non-hydrogen) atoms. The van der Waals surface area contributed by atoms with E-state index in [1.165, 1.54) is 0 Å². The van der Waals surface area contributed by atoms with Crippen LogP contribution in [0.4, 0.5) is 0 Å². The minimum atomic E-state index is -0.652. The van der Waals surface area contributed by atoms with E-state index in [4.69, 9.17) is 4.74 Å². The molecular weight excluding hydrogens is 164 g/mol. The normalized spacial score (nSPS) is 27.4. The Kier molecular flexibility index (Phi) is 2.15. The molecule has 1 aliphatic rings. The highest BCUT2D eigenvalue weighted by Gasteiger charge is 2.36. The van der Waals surface area contributed by atoms with Crippen LogP contribution in [0.2, 0.25) is 0 Å². The Hall–Kier alpha value is -1.15. The van der Waals surface area contributed by atoms with Crippen LogP contribution in [-0.4, -0.2) is 12.9 Å². The topological polar surface area (TPSA) is 26.3 Å². The van der Waals surface area contributed by atoms with Gasteiger partial charge in [0.2, 0.25) is 0 Å². The van der Waals surface area contributed by atoms with Crippen LogP contribution < -0.4 is 0 Å². The summed E-state index contributed by atoms with van der Waals surface area (Å²) in [5, 5.41) is 0. The number of benzene rings is 1. The Bertz CT molecular complexity index is 286. The van der Waals surface area contributed by atoms with Crippen LogP contribution in [0.1, 0.15) is 18.4 Å². The molecule has 0 N–H and O–H groups in total. The first-order chi connectivity index (χ1) is 6.37. The van der Waals surface area contributed by atoms with Gasteiger partial charge >= 0.3 is 0 Å². The van der Waals surface area contributed by atoms with E-state index < -0.39 is 5.60 Å². The lowest BCUT2D eigenvalue weighted by atomic mass is 9.92. The average Bonchev–Trinajstić information content (AvgIpc) is 2.69. The lowest BCUT2D eigenvalue weighted by Crippen LogP contribution is -2.26. The van der Waals surface area contributed by atoms with Gasteiger partial charge in [-0.15, -0.1) is 0 Å². The van der Waals surface area contributed by atoms with Gasteiger partial charge in [0.05, 0.1) is 0 Å². The first-order valence-electron chi connectivity index (χ1n) is 4.53. The Morgan fingerprint density at radius 3 is 2.62 bits per heavy atom. The van der Waals surface area contributed by atoms with E-state index in [0.29, 0.717) is 6.61 Å². The second-order valence-electron chi connectivity index (χ2n) is 3.33. The summed E-state index contributed by atoms with van der Waals surface area (Å²) >= 11 is 0. The number of carbonyl (C=O) groups is 1. The molecule has 1 fully saturated rings. The lowest BCUT2D eigenvalue weighted by molar-refractivity contribution is -0.126.